The van der Waals surface area contributed by atoms with Crippen LogP contribution in [0.1, 0.15) is 23.4 Å². The molecule has 10 nitrogen and oxygen atoms in total. The van der Waals surface area contributed by atoms with Crippen molar-refractivity contribution in [2.75, 3.05) is 6.61 Å². The van der Waals surface area contributed by atoms with E-state index in [9.17, 15) is 19.7 Å². The lowest BCUT2D eigenvalue weighted by Crippen LogP contribution is -2.44. The van der Waals surface area contributed by atoms with Gasteiger partial charge in [-0.1, -0.05) is 48.5 Å². The molecule has 0 aliphatic heterocycles. The lowest BCUT2D eigenvalue weighted by molar-refractivity contribution is -0.389. The molecule has 0 aliphatic rings. The lowest BCUT2D eigenvalue weighted by atomic mass is 10.0. The lowest BCUT2D eigenvalue weighted by Gasteiger charge is -2.12. The predicted molar refractivity (Wildman–Crippen MR) is 116 cm³/mol. The minimum Gasteiger partial charge on any atom is -0.483 e. The summed E-state index contributed by atoms with van der Waals surface area (Å²) in [7, 11) is 0. The quantitative estimate of drug-likeness (QED) is 0.390. The second kappa shape index (κ2) is 10.7. The Morgan fingerprint density at radius 1 is 1.06 bits per heavy atom. The van der Waals surface area contributed by atoms with Crippen LogP contribution >= 0.6 is 0 Å². The Hall–Kier alpha value is -4.21. The van der Waals surface area contributed by atoms with Crippen LogP contribution in [-0.2, 0) is 22.6 Å². The molecule has 0 unspecified atom stereocenters. The normalized spacial score (nSPS) is 10.4. The van der Waals surface area contributed by atoms with E-state index >= 15 is 0 Å². The van der Waals surface area contributed by atoms with Gasteiger partial charge in [-0.3, -0.25) is 20.4 Å². The molecule has 0 aliphatic carbocycles. The highest BCUT2D eigenvalue weighted by molar-refractivity contribution is 5.82. The van der Waals surface area contributed by atoms with E-state index in [4.69, 9.17) is 4.74 Å². The summed E-state index contributed by atoms with van der Waals surface area (Å²) in [6, 6.07) is 17.4. The van der Waals surface area contributed by atoms with Crippen LogP contribution in [0.3, 0.4) is 0 Å². The van der Waals surface area contributed by atoms with Gasteiger partial charge in [0.25, 0.3) is 5.91 Å². The van der Waals surface area contributed by atoms with Crippen LogP contribution in [0.2, 0.25) is 0 Å². The standard InChI is InChI=1S/C22H23N5O5/c1-16-23-20(27(30)31)14-26(16)12-11-21(28)24-25-22(29)15-32-19-10-6-5-9-18(19)13-17-7-3-2-4-8-17/h2-10,14H,11-13,15H2,1H3,(H,24,28)(H,25,29). The first-order valence-corrected chi connectivity index (χ1v) is 9.93. The Morgan fingerprint density at radius 3 is 2.47 bits per heavy atom. The summed E-state index contributed by atoms with van der Waals surface area (Å²) >= 11 is 0. The molecule has 0 saturated carbocycles. The molecule has 3 rings (SSSR count). The van der Waals surface area contributed by atoms with E-state index in [0.717, 1.165) is 11.1 Å². The van der Waals surface area contributed by atoms with Crippen molar-refractivity contribution in [1.82, 2.24) is 20.4 Å². The number of nitrogens with zero attached hydrogens (tertiary/aromatic N) is 3. The van der Waals surface area contributed by atoms with Gasteiger partial charge in [0.15, 0.2) is 6.61 Å². The number of rotatable bonds is 9. The second-order valence-corrected chi connectivity index (χ2v) is 7.00. The van der Waals surface area contributed by atoms with Crippen molar-refractivity contribution in [3.8, 4) is 5.75 Å². The Bertz CT molecular complexity index is 1100. The van der Waals surface area contributed by atoms with Crippen molar-refractivity contribution in [1.29, 1.82) is 0 Å². The number of imidazole rings is 1. The minimum absolute atomic E-state index is 0.00933. The zero-order valence-electron chi connectivity index (χ0n) is 17.5. The largest absolute Gasteiger partial charge is 0.483 e. The minimum atomic E-state index is -0.595. The van der Waals surface area contributed by atoms with Gasteiger partial charge >= 0.3 is 5.82 Å². The van der Waals surface area contributed by atoms with E-state index in [1.807, 2.05) is 48.5 Å². The number of carbonyl (C=O) groups is 2. The molecule has 3 aromatic rings. The molecule has 0 bridgehead atoms. The molecular formula is C22H23N5O5. The van der Waals surface area contributed by atoms with Crippen LogP contribution in [0.5, 0.6) is 5.75 Å². The first-order chi connectivity index (χ1) is 15.4. The highest BCUT2D eigenvalue weighted by Crippen LogP contribution is 2.21. The highest BCUT2D eigenvalue weighted by Gasteiger charge is 2.16. The summed E-state index contributed by atoms with van der Waals surface area (Å²) in [5.74, 6) is -0.215. The van der Waals surface area contributed by atoms with Gasteiger partial charge in [-0.2, -0.15) is 0 Å². The van der Waals surface area contributed by atoms with Crippen molar-refractivity contribution < 1.29 is 19.2 Å². The Kier molecular flexibility index (Phi) is 7.52. The third kappa shape index (κ3) is 6.39. The number of ether oxygens (including phenoxy) is 1. The van der Waals surface area contributed by atoms with E-state index in [0.29, 0.717) is 18.0 Å². The van der Waals surface area contributed by atoms with Crippen molar-refractivity contribution in [2.24, 2.45) is 0 Å². The van der Waals surface area contributed by atoms with E-state index in [1.165, 1.54) is 10.8 Å². The van der Waals surface area contributed by atoms with Crippen molar-refractivity contribution in [2.45, 2.75) is 26.3 Å². The fourth-order valence-electron chi connectivity index (χ4n) is 3.02. The Morgan fingerprint density at radius 2 is 1.75 bits per heavy atom. The molecule has 2 amide bonds. The SMILES string of the molecule is Cc1nc([N+](=O)[O-])cn1CCC(=O)NNC(=O)COc1ccccc1Cc1ccccc1. The molecule has 0 spiro atoms. The van der Waals surface area contributed by atoms with E-state index in [-0.39, 0.29) is 25.4 Å². The number of aromatic nitrogens is 2. The molecule has 2 N–H and O–H groups in total. The van der Waals surface area contributed by atoms with Gasteiger partial charge < -0.3 is 19.4 Å². The van der Waals surface area contributed by atoms with Gasteiger partial charge in [-0.05, 0) is 27.1 Å². The Balaban J connectivity index is 1.43. The summed E-state index contributed by atoms with van der Waals surface area (Å²) in [5, 5.41) is 10.7. The molecule has 0 saturated heterocycles. The zero-order chi connectivity index (χ0) is 22.9. The third-order valence-corrected chi connectivity index (χ3v) is 4.64. The van der Waals surface area contributed by atoms with Crippen LogP contribution in [0.25, 0.3) is 0 Å². The molecule has 0 atom stereocenters. The maximum Gasteiger partial charge on any atom is 0.381 e. The molecule has 1 heterocycles. The number of nitrogens with one attached hydrogen (secondary N) is 2. The molecule has 32 heavy (non-hydrogen) atoms. The van der Waals surface area contributed by atoms with Gasteiger partial charge in [0.1, 0.15) is 11.9 Å². The monoisotopic (exact) mass is 437 g/mol. The fraction of sp³-hybridized carbons (Fsp3) is 0.227. The van der Waals surface area contributed by atoms with E-state index in [2.05, 4.69) is 15.8 Å². The van der Waals surface area contributed by atoms with E-state index in [1.54, 1.807) is 13.0 Å². The number of benzene rings is 2. The molecule has 1 aromatic heterocycles. The van der Waals surface area contributed by atoms with Crippen molar-refractivity contribution in [3.63, 3.8) is 0 Å². The van der Waals surface area contributed by atoms with Crippen molar-refractivity contribution in [3.05, 3.63) is 87.9 Å². The van der Waals surface area contributed by atoms with Gasteiger partial charge in [0.2, 0.25) is 11.7 Å². The zero-order valence-corrected chi connectivity index (χ0v) is 17.5. The maximum absolute atomic E-state index is 12.1. The number of hydrogen-bond acceptors (Lipinski definition) is 6. The van der Waals surface area contributed by atoms with Crippen LogP contribution in [-0.4, -0.2) is 32.9 Å². The fourth-order valence-corrected chi connectivity index (χ4v) is 3.02. The van der Waals surface area contributed by atoms with E-state index < -0.39 is 16.7 Å². The van der Waals surface area contributed by atoms with Crippen molar-refractivity contribution >= 4 is 17.6 Å². The van der Waals surface area contributed by atoms with Crippen LogP contribution in [0.15, 0.2) is 60.8 Å². The van der Waals surface area contributed by atoms with Gasteiger partial charge in [-0.25, -0.2) is 0 Å². The molecular weight excluding hydrogens is 414 g/mol. The number of amides is 2. The first kappa shape index (κ1) is 22.5. The number of para-hydroxylation sites is 1. The number of hydrogen-bond donors (Lipinski definition) is 2. The van der Waals surface area contributed by atoms with Crippen LogP contribution in [0.4, 0.5) is 5.82 Å². The predicted octanol–water partition coefficient (Wildman–Crippen LogP) is 2.31. The van der Waals surface area contributed by atoms with Gasteiger partial charge in [-0.15, -0.1) is 0 Å². The molecule has 0 radical (unpaired) electrons. The highest BCUT2D eigenvalue weighted by atomic mass is 16.6. The summed E-state index contributed by atoms with van der Waals surface area (Å²) < 4.78 is 7.14. The summed E-state index contributed by atoms with van der Waals surface area (Å²) in [6.45, 7) is 1.54. The third-order valence-electron chi connectivity index (χ3n) is 4.64. The number of carbonyl (C=O) groups excluding carboxylic acids is 2. The average Bonchev–Trinajstić information content (AvgIpc) is 3.17. The molecule has 166 valence electrons. The van der Waals surface area contributed by atoms with Gasteiger partial charge in [0.05, 0.1) is 0 Å². The topological polar surface area (TPSA) is 128 Å². The molecule has 2 aromatic carbocycles. The van der Waals surface area contributed by atoms with Crippen LogP contribution in [0, 0.1) is 17.0 Å². The van der Waals surface area contributed by atoms with Gasteiger partial charge in [0, 0.05) is 26.3 Å². The Labute approximate surface area is 184 Å². The first-order valence-electron chi connectivity index (χ1n) is 9.93. The number of hydrazine groups is 1. The molecule has 0 fully saturated rings. The molecule has 10 heteroatoms. The second-order valence-electron chi connectivity index (χ2n) is 7.00. The maximum atomic E-state index is 12.1. The number of nitro groups is 1. The van der Waals surface area contributed by atoms with Crippen LogP contribution < -0.4 is 15.6 Å². The average molecular weight is 437 g/mol. The summed E-state index contributed by atoms with van der Waals surface area (Å²) in [5.41, 5.74) is 6.67. The summed E-state index contributed by atoms with van der Waals surface area (Å²) in [6.07, 6.45) is 1.94. The number of aryl methyl sites for hydroxylation is 2. The summed E-state index contributed by atoms with van der Waals surface area (Å²) in [4.78, 5) is 38.0. The smallest absolute Gasteiger partial charge is 0.381 e.